The van der Waals surface area contributed by atoms with E-state index in [-0.39, 0.29) is 0 Å². The summed E-state index contributed by atoms with van der Waals surface area (Å²) in [6.07, 6.45) is 3.72. The predicted molar refractivity (Wildman–Crippen MR) is 55.7 cm³/mol. The molecule has 1 nitrogen and oxygen atoms in total. The van der Waals surface area contributed by atoms with Crippen molar-refractivity contribution in [2.45, 2.75) is 27.7 Å². The van der Waals surface area contributed by atoms with Crippen LogP contribution in [0.2, 0.25) is 0 Å². The van der Waals surface area contributed by atoms with Crippen LogP contribution >= 0.6 is 0 Å². The summed E-state index contributed by atoms with van der Waals surface area (Å²) in [7, 11) is 0. The highest BCUT2D eigenvalue weighted by Crippen LogP contribution is 2.08. The molecule has 0 amide bonds. The summed E-state index contributed by atoms with van der Waals surface area (Å²) in [5, 5.41) is 8.66. The van der Waals surface area contributed by atoms with Crippen molar-refractivity contribution in [2.24, 2.45) is 5.92 Å². The molecule has 0 atom stereocenters. The van der Waals surface area contributed by atoms with Crippen LogP contribution in [0, 0.1) is 29.1 Å². The third kappa shape index (κ3) is 4.88. The van der Waals surface area contributed by atoms with Gasteiger partial charge in [-0.05, 0) is 25.8 Å². The molecule has 0 N–H and O–H groups in total. The molecular formula is C12H15N. The van der Waals surface area contributed by atoms with Crippen LogP contribution in [0.3, 0.4) is 0 Å². The molecule has 0 bridgehead atoms. The molecule has 0 aliphatic carbocycles. The quantitative estimate of drug-likeness (QED) is 0.357. The van der Waals surface area contributed by atoms with E-state index in [0.717, 1.165) is 0 Å². The number of allylic oxidation sites excluding steroid dienone is 4. The Balaban J connectivity index is 4.64. The first-order valence-electron chi connectivity index (χ1n) is 4.33. The Bertz CT molecular complexity index is 313. The summed E-state index contributed by atoms with van der Waals surface area (Å²) in [5.41, 5.74) is 1.77. The zero-order valence-corrected chi connectivity index (χ0v) is 8.68. The van der Waals surface area contributed by atoms with Gasteiger partial charge in [0.05, 0.1) is 0 Å². The van der Waals surface area contributed by atoms with Crippen molar-refractivity contribution >= 4 is 0 Å². The fourth-order valence-electron chi connectivity index (χ4n) is 0.649. The van der Waals surface area contributed by atoms with Gasteiger partial charge >= 0.3 is 0 Å². The number of nitrogens with zero attached hydrogens (tertiary/aromatic N) is 1. The maximum Gasteiger partial charge on any atom is 0.108 e. The van der Waals surface area contributed by atoms with E-state index in [4.69, 9.17) is 5.26 Å². The summed E-state index contributed by atoms with van der Waals surface area (Å²) >= 11 is 0. The lowest BCUT2D eigenvalue weighted by Gasteiger charge is -2.01. The lowest BCUT2D eigenvalue weighted by molar-refractivity contribution is 0.769. The van der Waals surface area contributed by atoms with Crippen molar-refractivity contribution < 1.29 is 0 Å². The summed E-state index contributed by atoms with van der Waals surface area (Å²) in [6.45, 7) is 8.02. The van der Waals surface area contributed by atoms with E-state index >= 15 is 0 Å². The van der Waals surface area contributed by atoms with Gasteiger partial charge in [-0.3, -0.25) is 0 Å². The highest BCUT2D eigenvalue weighted by molar-refractivity contribution is 5.42. The topological polar surface area (TPSA) is 23.8 Å². The standard InChI is InChI=1S/C12H15N/c1-5-6-12(9-13)8-7-11(4)10(2)3/h7-8,10H,1-4H3/b11-7+,12-8+. The van der Waals surface area contributed by atoms with Gasteiger partial charge in [-0.2, -0.15) is 5.26 Å². The van der Waals surface area contributed by atoms with Crippen molar-refractivity contribution in [1.82, 2.24) is 0 Å². The molecule has 0 saturated heterocycles. The highest BCUT2D eigenvalue weighted by Gasteiger charge is 1.93. The average molecular weight is 173 g/mol. The molecule has 0 fully saturated rings. The monoisotopic (exact) mass is 173 g/mol. The number of nitriles is 1. The van der Waals surface area contributed by atoms with Crippen molar-refractivity contribution in [3.63, 3.8) is 0 Å². The third-order valence-electron chi connectivity index (χ3n) is 1.80. The summed E-state index contributed by atoms with van der Waals surface area (Å²) in [5.74, 6) is 5.95. The van der Waals surface area contributed by atoms with E-state index in [0.29, 0.717) is 11.5 Å². The fourth-order valence-corrected chi connectivity index (χ4v) is 0.649. The Morgan fingerprint density at radius 2 is 1.92 bits per heavy atom. The second-order valence-corrected chi connectivity index (χ2v) is 3.13. The van der Waals surface area contributed by atoms with E-state index in [1.807, 2.05) is 12.1 Å². The van der Waals surface area contributed by atoms with Gasteiger partial charge in [0.1, 0.15) is 11.6 Å². The van der Waals surface area contributed by atoms with Crippen LogP contribution in [0.5, 0.6) is 0 Å². The lowest BCUT2D eigenvalue weighted by Crippen LogP contribution is -1.87. The zero-order chi connectivity index (χ0) is 10.3. The zero-order valence-electron chi connectivity index (χ0n) is 8.68. The molecule has 0 aromatic rings. The lowest BCUT2D eigenvalue weighted by atomic mass is 10.0. The predicted octanol–water partition coefficient (Wildman–Crippen LogP) is 3.06. The minimum Gasteiger partial charge on any atom is -0.192 e. The molecule has 0 radical (unpaired) electrons. The maximum atomic E-state index is 8.66. The molecule has 0 aliphatic heterocycles. The normalized spacial score (nSPS) is 12.0. The largest absolute Gasteiger partial charge is 0.192 e. The van der Waals surface area contributed by atoms with Gasteiger partial charge in [0.15, 0.2) is 0 Å². The van der Waals surface area contributed by atoms with Crippen LogP contribution in [0.15, 0.2) is 23.3 Å². The summed E-state index contributed by atoms with van der Waals surface area (Å²) in [6, 6.07) is 2.04. The minimum atomic E-state index is 0.516. The Morgan fingerprint density at radius 1 is 1.31 bits per heavy atom. The molecule has 0 unspecified atom stereocenters. The Morgan fingerprint density at radius 3 is 2.31 bits per heavy atom. The first-order chi connectivity index (χ1) is 6.11. The van der Waals surface area contributed by atoms with Gasteiger partial charge in [0.2, 0.25) is 0 Å². The first-order valence-corrected chi connectivity index (χ1v) is 4.33. The van der Waals surface area contributed by atoms with Crippen LogP contribution in [0.25, 0.3) is 0 Å². The van der Waals surface area contributed by atoms with Crippen LogP contribution in [0.4, 0.5) is 0 Å². The van der Waals surface area contributed by atoms with E-state index in [1.165, 1.54) is 5.57 Å². The van der Waals surface area contributed by atoms with Gasteiger partial charge < -0.3 is 0 Å². The van der Waals surface area contributed by atoms with Crippen molar-refractivity contribution in [3.05, 3.63) is 23.3 Å². The fraction of sp³-hybridized carbons (Fsp3) is 0.417. The molecule has 0 aromatic heterocycles. The van der Waals surface area contributed by atoms with Crippen molar-refractivity contribution in [3.8, 4) is 17.9 Å². The molecule has 68 valence electrons. The summed E-state index contributed by atoms with van der Waals surface area (Å²) in [4.78, 5) is 0. The highest BCUT2D eigenvalue weighted by atomic mass is 14.2. The van der Waals surface area contributed by atoms with E-state index in [9.17, 15) is 0 Å². The molecule has 0 saturated carbocycles. The van der Waals surface area contributed by atoms with E-state index in [1.54, 1.807) is 13.0 Å². The van der Waals surface area contributed by atoms with E-state index < -0.39 is 0 Å². The number of rotatable bonds is 2. The van der Waals surface area contributed by atoms with E-state index in [2.05, 4.69) is 32.6 Å². The number of hydrogen-bond donors (Lipinski definition) is 0. The third-order valence-corrected chi connectivity index (χ3v) is 1.80. The second kappa shape index (κ2) is 6.09. The smallest absolute Gasteiger partial charge is 0.108 e. The van der Waals surface area contributed by atoms with Gasteiger partial charge in [-0.25, -0.2) is 0 Å². The van der Waals surface area contributed by atoms with Crippen LogP contribution < -0.4 is 0 Å². The first kappa shape index (κ1) is 11.5. The maximum absolute atomic E-state index is 8.66. The van der Waals surface area contributed by atoms with Crippen LogP contribution in [0.1, 0.15) is 27.7 Å². The molecule has 0 rings (SSSR count). The Hall–Kier alpha value is -1.47. The van der Waals surface area contributed by atoms with Gasteiger partial charge in [-0.1, -0.05) is 31.4 Å². The number of hydrogen-bond acceptors (Lipinski definition) is 1. The SMILES string of the molecule is CC#C/C(C#N)=C\C=C(/C)C(C)C. The van der Waals surface area contributed by atoms with Gasteiger partial charge in [-0.15, -0.1) is 5.92 Å². The molecule has 0 heterocycles. The molecular weight excluding hydrogens is 158 g/mol. The Labute approximate surface area is 80.8 Å². The molecule has 13 heavy (non-hydrogen) atoms. The van der Waals surface area contributed by atoms with Gasteiger partial charge in [0, 0.05) is 0 Å². The van der Waals surface area contributed by atoms with Crippen molar-refractivity contribution in [2.75, 3.05) is 0 Å². The minimum absolute atomic E-state index is 0.516. The molecule has 0 spiro atoms. The van der Waals surface area contributed by atoms with Crippen LogP contribution in [-0.2, 0) is 0 Å². The molecule has 0 aromatic carbocycles. The second-order valence-electron chi connectivity index (χ2n) is 3.13. The average Bonchev–Trinajstić information content (AvgIpc) is 2.11. The van der Waals surface area contributed by atoms with Gasteiger partial charge in [0.25, 0.3) is 0 Å². The Kier molecular flexibility index (Phi) is 5.40. The van der Waals surface area contributed by atoms with Crippen molar-refractivity contribution in [1.29, 1.82) is 5.26 Å². The van der Waals surface area contributed by atoms with Crippen LogP contribution in [-0.4, -0.2) is 0 Å². The molecule has 1 heteroatoms. The summed E-state index contributed by atoms with van der Waals surface area (Å²) < 4.78 is 0. The molecule has 0 aliphatic rings.